The van der Waals surface area contributed by atoms with Crippen LogP contribution in [-0.2, 0) is 0 Å². The molecule has 0 aliphatic rings. The third-order valence-corrected chi connectivity index (χ3v) is 4.41. The summed E-state index contributed by atoms with van der Waals surface area (Å²) in [5, 5.41) is 0.745. The Morgan fingerprint density at radius 2 is 1.46 bits per heavy atom. The second-order valence-electron chi connectivity index (χ2n) is 6.08. The number of halogens is 1. The van der Waals surface area contributed by atoms with Crippen LogP contribution < -0.4 is 0 Å². The Balaban J connectivity index is 2.00. The molecule has 0 aromatic heterocycles. The molecule has 0 radical (unpaired) electrons. The minimum Gasteiger partial charge on any atom is -0.0911 e. The SMILES string of the molecule is C=C(/C=C(\C=C/C)c1cccc(-c2cccc(Cl)c2)c1)c1ccccc1. The fourth-order valence-electron chi connectivity index (χ4n) is 2.88. The predicted octanol–water partition coefficient (Wildman–Crippen LogP) is 7.68. The molecule has 0 saturated carbocycles. The Morgan fingerprint density at radius 3 is 2.15 bits per heavy atom. The molecule has 3 aromatic carbocycles. The number of benzene rings is 3. The average molecular weight is 357 g/mol. The van der Waals surface area contributed by atoms with Crippen LogP contribution in [0.15, 0.2) is 104 Å². The standard InChI is InChI=1S/C25H21Cl/c1-3-9-21(16-19(2)20-10-5-4-6-11-20)22-12-7-13-23(17-22)24-14-8-15-25(26)18-24/h3-18H,2H2,1H3/b9-3-,21-16+. The summed E-state index contributed by atoms with van der Waals surface area (Å²) in [6.07, 6.45) is 6.30. The van der Waals surface area contributed by atoms with Gasteiger partial charge in [0.2, 0.25) is 0 Å². The Hall–Kier alpha value is -2.83. The molecule has 0 aliphatic carbocycles. The summed E-state index contributed by atoms with van der Waals surface area (Å²) in [6, 6.07) is 26.7. The van der Waals surface area contributed by atoms with E-state index in [1.807, 2.05) is 43.3 Å². The topological polar surface area (TPSA) is 0 Å². The maximum Gasteiger partial charge on any atom is 0.0412 e. The van der Waals surface area contributed by atoms with Gasteiger partial charge >= 0.3 is 0 Å². The van der Waals surface area contributed by atoms with E-state index in [2.05, 4.69) is 67.3 Å². The first-order valence-corrected chi connectivity index (χ1v) is 9.00. The maximum atomic E-state index is 6.15. The first-order chi connectivity index (χ1) is 12.7. The fraction of sp³-hybridized carbons (Fsp3) is 0.0400. The van der Waals surface area contributed by atoms with E-state index in [1.54, 1.807) is 0 Å². The van der Waals surface area contributed by atoms with Gasteiger partial charge in [-0.2, -0.15) is 0 Å². The molecule has 0 fully saturated rings. The fourth-order valence-corrected chi connectivity index (χ4v) is 3.07. The van der Waals surface area contributed by atoms with Gasteiger partial charge < -0.3 is 0 Å². The zero-order valence-electron chi connectivity index (χ0n) is 14.8. The highest BCUT2D eigenvalue weighted by Crippen LogP contribution is 2.28. The molecule has 0 amide bonds. The van der Waals surface area contributed by atoms with E-state index < -0.39 is 0 Å². The molecule has 3 rings (SSSR count). The molecule has 0 nitrogen and oxygen atoms in total. The van der Waals surface area contributed by atoms with Crippen LogP contribution in [0.4, 0.5) is 0 Å². The lowest BCUT2D eigenvalue weighted by Crippen LogP contribution is -1.86. The molecular weight excluding hydrogens is 336 g/mol. The summed E-state index contributed by atoms with van der Waals surface area (Å²) in [6.45, 7) is 6.26. The van der Waals surface area contributed by atoms with Crippen LogP contribution in [0.2, 0.25) is 5.02 Å². The van der Waals surface area contributed by atoms with E-state index in [-0.39, 0.29) is 0 Å². The average Bonchev–Trinajstić information content (AvgIpc) is 2.68. The van der Waals surface area contributed by atoms with Crippen molar-refractivity contribution in [2.75, 3.05) is 0 Å². The van der Waals surface area contributed by atoms with Crippen molar-refractivity contribution in [3.05, 3.63) is 120 Å². The van der Waals surface area contributed by atoms with Gasteiger partial charge in [-0.3, -0.25) is 0 Å². The van der Waals surface area contributed by atoms with Crippen LogP contribution >= 0.6 is 11.6 Å². The van der Waals surface area contributed by atoms with Crippen molar-refractivity contribution >= 4 is 22.7 Å². The Kier molecular flexibility index (Phi) is 5.88. The van der Waals surface area contributed by atoms with E-state index in [1.165, 1.54) is 0 Å². The van der Waals surface area contributed by atoms with Crippen molar-refractivity contribution in [1.29, 1.82) is 0 Å². The third kappa shape index (κ3) is 4.41. The normalized spacial score (nSPS) is 11.7. The van der Waals surface area contributed by atoms with Crippen molar-refractivity contribution in [2.24, 2.45) is 0 Å². The smallest absolute Gasteiger partial charge is 0.0412 e. The molecule has 26 heavy (non-hydrogen) atoms. The van der Waals surface area contributed by atoms with Gasteiger partial charge in [0.1, 0.15) is 0 Å². The molecule has 0 spiro atoms. The summed E-state index contributed by atoms with van der Waals surface area (Å²) >= 11 is 6.15. The van der Waals surface area contributed by atoms with Crippen molar-refractivity contribution in [1.82, 2.24) is 0 Å². The van der Waals surface area contributed by atoms with Gasteiger partial charge in [-0.1, -0.05) is 91.0 Å². The summed E-state index contributed by atoms with van der Waals surface area (Å²) in [5.74, 6) is 0. The zero-order chi connectivity index (χ0) is 18.4. The van der Waals surface area contributed by atoms with Crippen LogP contribution in [-0.4, -0.2) is 0 Å². The van der Waals surface area contributed by atoms with Crippen LogP contribution in [0.1, 0.15) is 18.1 Å². The van der Waals surface area contributed by atoms with Gasteiger partial charge in [0.25, 0.3) is 0 Å². The van der Waals surface area contributed by atoms with Crippen LogP contribution in [0, 0.1) is 0 Å². The first-order valence-electron chi connectivity index (χ1n) is 8.62. The first kappa shape index (κ1) is 18.0. The highest BCUT2D eigenvalue weighted by atomic mass is 35.5. The van der Waals surface area contributed by atoms with E-state index >= 15 is 0 Å². The van der Waals surface area contributed by atoms with Crippen LogP contribution in [0.25, 0.3) is 22.3 Å². The quantitative estimate of drug-likeness (QED) is 0.411. The summed E-state index contributed by atoms with van der Waals surface area (Å²) < 4.78 is 0. The molecule has 0 bridgehead atoms. The minimum absolute atomic E-state index is 0.745. The number of allylic oxidation sites excluding steroid dienone is 5. The molecular formula is C25H21Cl. The molecule has 0 aliphatic heterocycles. The second-order valence-corrected chi connectivity index (χ2v) is 6.52. The lowest BCUT2D eigenvalue weighted by Gasteiger charge is -2.09. The molecule has 0 N–H and O–H groups in total. The van der Waals surface area contributed by atoms with Gasteiger partial charge in [-0.25, -0.2) is 0 Å². The Morgan fingerprint density at radius 1 is 0.808 bits per heavy atom. The molecule has 0 atom stereocenters. The van der Waals surface area contributed by atoms with Gasteiger partial charge in [0, 0.05) is 5.02 Å². The molecule has 0 heterocycles. The Bertz CT molecular complexity index is 962. The summed E-state index contributed by atoms with van der Waals surface area (Å²) in [4.78, 5) is 0. The predicted molar refractivity (Wildman–Crippen MR) is 115 cm³/mol. The van der Waals surface area contributed by atoms with Gasteiger partial charge in [0.15, 0.2) is 0 Å². The molecule has 0 unspecified atom stereocenters. The van der Waals surface area contributed by atoms with Crippen LogP contribution in [0.5, 0.6) is 0 Å². The molecule has 3 aromatic rings. The monoisotopic (exact) mass is 356 g/mol. The van der Waals surface area contributed by atoms with E-state index in [9.17, 15) is 0 Å². The van der Waals surface area contributed by atoms with Crippen molar-refractivity contribution in [3.8, 4) is 11.1 Å². The third-order valence-electron chi connectivity index (χ3n) is 4.17. The molecule has 1 heteroatoms. The number of hydrogen-bond donors (Lipinski definition) is 0. The summed E-state index contributed by atoms with van der Waals surface area (Å²) in [5.41, 5.74) is 6.65. The lowest BCUT2D eigenvalue weighted by molar-refractivity contribution is 1.57. The molecule has 128 valence electrons. The van der Waals surface area contributed by atoms with Gasteiger partial charge in [-0.15, -0.1) is 0 Å². The molecule has 0 saturated heterocycles. The van der Waals surface area contributed by atoms with E-state index in [4.69, 9.17) is 11.6 Å². The minimum atomic E-state index is 0.745. The largest absolute Gasteiger partial charge is 0.0911 e. The van der Waals surface area contributed by atoms with Crippen molar-refractivity contribution < 1.29 is 0 Å². The maximum absolute atomic E-state index is 6.15. The van der Waals surface area contributed by atoms with Crippen molar-refractivity contribution in [3.63, 3.8) is 0 Å². The zero-order valence-corrected chi connectivity index (χ0v) is 15.6. The number of hydrogen-bond acceptors (Lipinski definition) is 0. The van der Waals surface area contributed by atoms with Crippen molar-refractivity contribution in [2.45, 2.75) is 6.92 Å². The van der Waals surface area contributed by atoms with Crippen LogP contribution in [0.3, 0.4) is 0 Å². The van der Waals surface area contributed by atoms with Gasteiger partial charge in [-0.05, 0) is 64.6 Å². The second kappa shape index (κ2) is 8.51. The highest BCUT2D eigenvalue weighted by Gasteiger charge is 2.04. The van der Waals surface area contributed by atoms with Gasteiger partial charge in [0.05, 0.1) is 0 Å². The number of rotatable bonds is 5. The lowest BCUT2D eigenvalue weighted by atomic mass is 9.96. The Labute approximate surface area is 160 Å². The van der Waals surface area contributed by atoms with E-state index in [0.29, 0.717) is 0 Å². The highest BCUT2D eigenvalue weighted by molar-refractivity contribution is 6.30. The summed E-state index contributed by atoms with van der Waals surface area (Å²) in [7, 11) is 0. The van der Waals surface area contributed by atoms with E-state index in [0.717, 1.165) is 38.4 Å².